The molecule has 0 radical (unpaired) electrons. The van der Waals surface area contributed by atoms with Crippen LogP contribution in [0.5, 0.6) is 0 Å². The lowest BCUT2D eigenvalue weighted by atomic mass is 10.0. The molecule has 2 rings (SSSR count). The number of likely N-dealkylation sites (N-methyl/N-ethyl adjacent to an activating group) is 1. The number of aromatic nitrogens is 3. The van der Waals surface area contributed by atoms with Gasteiger partial charge in [-0.25, -0.2) is 13.8 Å². The van der Waals surface area contributed by atoms with E-state index >= 15 is 0 Å². The van der Waals surface area contributed by atoms with E-state index in [1.165, 1.54) is 24.5 Å². The van der Waals surface area contributed by atoms with Crippen LogP contribution in [0.1, 0.15) is 18.3 Å². The van der Waals surface area contributed by atoms with Gasteiger partial charge >= 0.3 is 0 Å². The lowest BCUT2D eigenvalue weighted by molar-refractivity contribution is 0.471. The molecule has 108 valence electrons. The Morgan fingerprint density at radius 1 is 1.25 bits per heavy atom. The first-order valence-corrected chi connectivity index (χ1v) is 6.61. The third kappa shape index (κ3) is 3.39. The highest BCUT2D eigenvalue weighted by Crippen LogP contribution is 2.15. The Balaban J connectivity index is 2.15. The van der Waals surface area contributed by atoms with Gasteiger partial charge < -0.3 is 5.32 Å². The fourth-order valence-corrected chi connectivity index (χ4v) is 2.20. The van der Waals surface area contributed by atoms with Crippen molar-refractivity contribution in [3.63, 3.8) is 0 Å². The second-order valence-electron chi connectivity index (χ2n) is 4.66. The van der Waals surface area contributed by atoms with Crippen molar-refractivity contribution in [3.05, 3.63) is 47.5 Å². The van der Waals surface area contributed by atoms with E-state index in [0.717, 1.165) is 12.4 Å². The number of nitrogens with zero attached hydrogens (tertiary/aromatic N) is 3. The van der Waals surface area contributed by atoms with Gasteiger partial charge in [0, 0.05) is 25.1 Å². The maximum absolute atomic E-state index is 13.7. The number of aryl methyl sites for hydroxylation is 1. The van der Waals surface area contributed by atoms with E-state index in [9.17, 15) is 8.78 Å². The highest BCUT2D eigenvalue weighted by molar-refractivity contribution is 5.21. The van der Waals surface area contributed by atoms with Crippen LogP contribution in [-0.4, -0.2) is 27.4 Å². The summed E-state index contributed by atoms with van der Waals surface area (Å²) in [5.41, 5.74) is 0.112. The van der Waals surface area contributed by atoms with Crippen molar-refractivity contribution in [1.82, 2.24) is 20.1 Å². The molecule has 0 aliphatic rings. The van der Waals surface area contributed by atoms with Gasteiger partial charge in [0.05, 0.1) is 0 Å². The Morgan fingerprint density at radius 3 is 2.50 bits per heavy atom. The van der Waals surface area contributed by atoms with Crippen molar-refractivity contribution in [3.8, 4) is 0 Å². The van der Waals surface area contributed by atoms with E-state index in [0.29, 0.717) is 6.42 Å². The summed E-state index contributed by atoms with van der Waals surface area (Å²) in [5.74, 6) is -0.232. The zero-order valence-corrected chi connectivity index (χ0v) is 11.6. The Hall–Kier alpha value is -1.82. The summed E-state index contributed by atoms with van der Waals surface area (Å²) in [7, 11) is 1.80. The number of halogens is 2. The Labute approximate surface area is 116 Å². The van der Waals surface area contributed by atoms with Gasteiger partial charge in [0.25, 0.3) is 0 Å². The molecule has 2 aromatic rings. The van der Waals surface area contributed by atoms with Crippen molar-refractivity contribution in [2.75, 3.05) is 6.54 Å². The van der Waals surface area contributed by atoms with Gasteiger partial charge in [-0.2, -0.15) is 5.10 Å². The van der Waals surface area contributed by atoms with E-state index < -0.39 is 11.6 Å². The van der Waals surface area contributed by atoms with Crippen LogP contribution in [0.2, 0.25) is 0 Å². The Kier molecular flexibility index (Phi) is 4.79. The minimum absolute atomic E-state index is 0.0886. The predicted octanol–water partition coefficient (Wildman–Crippen LogP) is 1.86. The molecule has 0 saturated heterocycles. The first-order chi connectivity index (χ1) is 9.61. The number of nitrogens with one attached hydrogen (secondary N) is 1. The Morgan fingerprint density at radius 2 is 1.95 bits per heavy atom. The zero-order valence-electron chi connectivity index (χ0n) is 11.6. The Bertz CT molecular complexity index is 548. The minimum atomic E-state index is -0.508. The quantitative estimate of drug-likeness (QED) is 0.878. The molecule has 1 N–H and O–H groups in total. The lowest BCUT2D eigenvalue weighted by Gasteiger charge is -2.18. The van der Waals surface area contributed by atoms with Gasteiger partial charge in [-0.3, -0.25) is 4.68 Å². The second kappa shape index (κ2) is 6.56. The fraction of sp³-hybridized carbons (Fsp3) is 0.429. The summed E-state index contributed by atoms with van der Waals surface area (Å²) < 4.78 is 29.1. The van der Waals surface area contributed by atoms with Gasteiger partial charge in [0.2, 0.25) is 0 Å². The van der Waals surface area contributed by atoms with Gasteiger partial charge in [-0.05, 0) is 25.1 Å². The molecule has 0 amide bonds. The molecule has 0 spiro atoms. The minimum Gasteiger partial charge on any atom is -0.313 e. The zero-order chi connectivity index (χ0) is 14.5. The molecule has 1 aromatic heterocycles. The van der Waals surface area contributed by atoms with E-state index in [1.807, 2.05) is 6.92 Å². The average molecular weight is 280 g/mol. The van der Waals surface area contributed by atoms with Crippen molar-refractivity contribution in [2.24, 2.45) is 7.05 Å². The summed E-state index contributed by atoms with van der Waals surface area (Å²) >= 11 is 0. The smallest absolute Gasteiger partial charge is 0.138 e. The van der Waals surface area contributed by atoms with Crippen LogP contribution in [0.25, 0.3) is 0 Å². The number of hydrogen-bond donors (Lipinski definition) is 1. The van der Waals surface area contributed by atoms with Crippen molar-refractivity contribution >= 4 is 0 Å². The molecule has 4 nitrogen and oxygen atoms in total. The number of rotatable bonds is 6. The normalized spacial score (nSPS) is 12.6. The topological polar surface area (TPSA) is 42.7 Å². The summed E-state index contributed by atoms with van der Waals surface area (Å²) in [6, 6.07) is 3.85. The first kappa shape index (κ1) is 14.6. The average Bonchev–Trinajstić information content (AvgIpc) is 2.80. The monoisotopic (exact) mass is 280 g/mol. The molecule has 6 heteroatoms. The van der Waals surface area contributed by atoms with Crippen LogP contribution in [0.3, 0.4) is 0 Å². The van der Waals surface area contributed by atoms with Crippen LogP contribution in [-0.2, 0) is 19.9 Å². The second-order valence-corrected chi connectivity index (χ2v) is 4.66. The lowest BCUT2D eigenvalue weighted by Crippen LogP contribution is -2.34. The van der Waals surface area contributed by atoms with Gasteiger partial charge in [0.1, 0.15) is 23.8 Å². The van der Waals surface area contributed by atoms with Gasteiger partial charge in [-0.1, -0.05) is 13.0 Å². The van der Waals surface area contributed by atoms with Gasteiger partial charge in [-0.15, -0.1) is 0 Å². The molecule has 20 heavy (non-hydrogen) atoms. The van der Waals surface area contributed by atoms with Crippen molar-refractivity contribution in [1.29, 1.82) is 0 Å². The third-order valence-corrected chi connectivity index (χ3v) is 3.24. The van der Waals surface area contributed by atoms with Crippen LogP contribution < -0.4 is 5.32 Å². The van der Waals surface area contributed by atoms with Crippen molar-refractivity contribution < 1.29 is 8.78 Å². The largest absolute Gasteiger partial charge is 0.313 e. The van der Waals surface area contributed by atoms with Crippen LogP contribution in [0.4, 0.5) is 8.78 Å². The maximum atomic E-state index is 13.7. The summed E-state index contributed by atoms with van der Waals surface area (Å²) in [6.07, 6.45) is 2.32. The van der Waals surface area contributed by atoms with Crippen LogP contribution >= 0.6 is 0 Å². The third-order valence-electron chi connectivity index (χ3n) is 3.24. The van der Waals surface area contributed by atoms with Gasteiger partial charge in [0.15, 0.2) is 0 Å². The molecule has 0 aliphatic heterocycles. The predicted molar refractivity (Wildman–Crippen MR) is 72.2 cm³/mol. The van der Waals surface area contributed by atoms with Crippen LogP contribution in [0.15, 0.2) is 24.5 Å². The molecule has 0 saturated carbocycles. The molecule has 0 bridgehead atoms. The molecule has 1 atom stereocenters. The maximum Gasteiger partial charge on any atom is 0.138 e. The summed E-state index contributed by atoms with van der Waals surface area (Å²) in [4.78, 5) is 4.15. The highest BCUT2D eigenvalue weighted by Gasteiger charge is 2.17. The summed E-state index contributed by atoms with van der Waals surface area (Å²) in [6.45, 7) is 2.68. The highest BCUT2D eigenvalue weighted by atomic mass is 19.1. The summed E-state index contributed by atoms with van der Waals surface area (Å²) in [5, 5.41) is 7.24. The first-order valence-electron chi connectivity index (χ1n) is 6.61. The van der Waals surface area contributed by atoms with Crippen LogP contribution in [0, 0.1) is 11.6 Å². The van der Waals surface area contributed by atoms with E-state index in [2.05, 4.69) is 15.4 Å². The molecular weight excluding hydrogens is 262 g/mol. The molecule has 1 heterocycles. The van der Waals surface area contributed by atoms with E-state index in [1.54, 1.807) is 11.7 Å². The molecule has 1 unspecified atom stereocenters. The SMILES string of the molecule is CCNC(Cc1c(F)cccc1F)Cc1ncnn1C. The number of benzene rings is 1. The molecule has 1 aromatic carbocycles. The molecular formula is C14H18F2N4. The number of hydrogen-bond acceptors (Lipinski definition) is 3. The van der Waals surface area contributed by atoms with E-state index in [-0.39, 0.29) is 18.0 Å². The fourth-order valence-electron chi connectivity index (χ4n) is 2.20. The molecule has 0 aliphatic carbocycles. The van der Waals surface area contributed by atoms with E-state index in [4.69, 9.17) is 0 Å². The standard InChI is InChI=1S/C14H18F2N4/c1-3-17-10(8-14-18-9-19-20(14)2)7-11-12(15)5-4-6-13(11)16/h4-6,9-10,17H,3,7-8H2,1-2H3. The molecule has 0 fully saturated rings. The van der Waals surface area contributed by atoms with Crippen molar-refractivity contribution in [2.45, 2.75) is 25.8 Å².